The van der Waals surface area contributed by atoms with Crippen LogP contribution >= 0.6 is 11.8 Å². The van der Waals surface area contributed by atoms with Crippen LogP contribution in [-0.2, 0) is 0 Å². The maximum atomic E-state index is 11.6. The number of rotatable bonds is 6. The molecule has 5 nitrogen and oxygen atoms in total. The fourth-order valence-corrected chi connectivity index (χ4v) is 1.88. The third-order valence-electron chi connectivity index (χ3n) is 1.99. The van der Waals surface area contributed by atoms with Gasteiger partial charge in [0.05, 0.1) is 0 Å². The molecule has 1 atom stereocenters. The van der Waals surface area contributed by atoms with Gasteiger partial charge in [-0.3, -0.25) is 4.79 Å². The summed E-state index contributed by atoms with van der Waals surface area (Å²) in [4.78, 5) is 22.2. The standard InChI is InChI=1S/C11H15NO4S/c1-3-17-6-7(2)12-10(13)8-4-5-9(16-8)11(14)15/h4-5,7H,3,6H2,1-2H3,(H,12,13)(H,14,15). The number of carboxylic acid groups (broad SMARTS) is 1. The smallest absolute Gasteiger partial charge is 0.371 e. The van der Waals surface area contributed by atoms with E-state index >= 15 is 0 Å². The molecule has 2 N–H and O–H groups in total. The van der Waals surface area contributed by atoms with Gasteiger partial charge in [0.25, 0.3) is 5.91 Å². The number of furan rings is 1. The van der Waals surface area contributed by atoms with E-state index in [-0.39, 0.29) is 23.5 Å². The Bertz CT molecular complexity index is 402. The summed E-state index contributed by atoms with van der Waals surface area (Å²) in [5.74, 6) is 0.0283. The summed E-state index contributed by atoms with van der Waals surface area (Å²) in [7, 11) is 0. The van der Waals surface area contributed by atoms with Crippen molar-refractivity contribution in [3.05, 3.63) is 23.7 Å². The van der Waals surface area contributed by atoms with Gasteiger partial charge in [0.15, 0.2) is 5.76 Å². The van der Waals surface area contributed by atoms with Crippen LogP contribution in [0.3, 0.4) is 0 Å². The number of amides is 1. The zero-order valence-corrected chi connectivity index (χ0v) is 10.5. The quantitative estimate of drug-likeness (QED) is 0.813. The topological polar surface area (TPSA) is 79.5 Å². The molecular weight excluding hydrogens is 242 g/mol. The summed E-state index contributed by atoms with van der Waals surface area (Å²) in [5.41, 5.74) is 0. The average Bonchev–Trinajstić information content (AvgIpc) is 2.75. The van der Waals surface area contributed by atoms with Crippen LogP contribution in [0, 0.1) is 0 Å². The molecule has 17 heavy (non-hydrogen) atoms. The first kappa shape index (κ1) is 13.6. The normalized spacial score (nSPS) is 12.1. The van der Waals surface area contributed by atoms with Gasteiger partial charge in [-0.2, -0.15) is 11.8 Å². The molecule has 1 aromatic heterocycles. The van der Waals surface area contributed by atoms with Gasteiger partial charge in [0.1, 0.15) is 0 Å². The molecule has 1 heterocycles. The number of carbonyl (C=O) groups excluding carboxylic acids is 1. The molecule has 6 heteroatoms. The molecule has 1 amide bonds. The molecule has 0 saturated carbocycles. The van der Waals surface area contributed by atoms with Gasteiger partial charge < -0.3 is 14.8 Å². The highest BCUT2D eigenvalue weighted by atomic mass is 32.2. The second kappa shape index (κ2) is 6.34. The maximum absolute atomic E-state index is 11.6. The predicted molar refractivity (Wildman–Crippen MR) is 65.6 cm³/mol. The number of carboxylic acids is 1. The van der Waals surface area contributed by atoms with Crippen LogP contribution in [0.1, 0.15) is 35.0 Å². The number of carbonyl (C=O) groups is 2. The van der Waals surface area contributed by atoms with E-state index in [2.05, 4.69) is 5.32 Å². The molecule has 0 saturated heterocycles. The minimum Gasteiger partial charge on any atom is -0.475 e. The lowest BCUT2D eigenvalue weighted by molar-refractivity contribution is 0.0659. The van der Waals surface area contributed by atoms with Crippen molar-refractivity contribution < 1.29 is 19.1 Å². The molecule has 0 radical (unpaired) electrons. The van der Waals surface area contributed by atoms with E-state index in [1.807, 2.05) is 13.8 Å². The van der Waals surface area contributed by atoms with Crippen LogP contribution in [0.2, 0.25) is 0 Å². The Labute approximate surface area is 104 Å². The number of nitrogens with one attached hydrogen (secondary N) is 1. The van der Waals surface area contributed by atoms with Crippen LogP contribution in [0.4, 0.5) is 0 Å². The second-order valence-electron chi connectivity index (χ2n) is 3.50. The third kappa shape index (κ3) is 4.14. The zero-order chi connectivity index (χ0) is 12.8. The number of hydrogen-bond donors (Lipinski definition) is 2. The van der Waals surface area contributed by atoms with Crippen LogP contribution in [0.15, 0.2) is 16.5 Å². The SMILES string of the molecule is CCSCC(C)NC(=O)c1ccc(C(=O)O)o1. The van der Waals surface area contributed by atoms with Gasteiger partial charge in [0, 0.05) is 11.8 Å². The van der Waals surface area contributed by atoms with Crippen molar-refractivity contribution in [3.63, 3.8) is 0 Å². The van der Waals surface area contributed by atoms with Crippen LogP contribution in [0.5, 0.6) is 0 Å². The largest absolute Gasteiger partial charge is 0.475 e. The predicted octanol–water partition coefficient (Wildman–Crippen LogP) is 1.85. The Morgan fingerprint density at radius 1 is 1.47 bits per heavy atom. The monoisotopic (exact) mass is 257 g/mol. The maximum Gasteiger partial charge on any atom is 0.371 e. The summed E-state index contributed by atoms with van der Waals surface area (Å²) in [6.07, 6.45) is 0. The number of aromatic carboxylic acids is 1. The van der Waals surface area contributed by atoms with Gasteiger partial charge in [0.2, 0.25) is 5.76 Å². The van der Waals surface area contributed by atoms with E-state index in [1.54, 1.807) is 11.8 Å². The molecular formula is C11H15NO4S. The first-order valence-corrected chi connectivity index (χ1v) is 6.41. The highest BCUT2D eigenvalue weighted by molar-refractivity contribution is 7.99. The van der Waals surface area contributed by atoms with Gasteiger partial charge in [-0.1, -0.05) is 6.92 Å². The van der Waals surface area contributed by atoms with Gasteiger partial charge in [-0.15, -0.1) is 0 Å². The van der Waals surface area contributed by atoms with E-state index in [4.69, 9.17) is 9.52 Å². The number of thioether (sulfide) groups is 1. The summed E-state index contributed by atoms with van der Waals surface area (Å²) in [6, 6.07) is 2.65. The third-order valence-corrected chi connectivity index (χ3v) is 3.13. The van der Waals surface area contributed by atoms with Crippen molar-refractivity contribution in [3.8, 4) is 0 Å². The lowest BCUT2D eigenvalue weighted by Crippen LogP contribution is -2.34. The molecule has 94 valence electrons. The highest BCUT2D eigenvalue weighted by Gasteiger charge is 2.16. The van der Waals surface area contributed by atoms with Gasteiger partial charge >= 0.3 is 5.97 Å². The number of hydrogen-bond acceptors (Lipinski definition) is 4. The molecule has 1 unspecified atom stereocenters. The summed E-state index contributed by atoms with van der Waals surface area (Å²) in [5, 5.41) is 11.4. The Hall–Kier alpha value is -1.43. The molecule has 0 spiro atoms. The van der Waals surface area contributed by atoms with Crippen molar-refractivity contribution in [2.24, 2.45) is 0 Å². The lowest BCUT2D eigenvalue weighted by atomic mass is 10.3. The Balaban J connectivity index is 2.54. The average molecular weight is 257 g/mol. The van der Waals surface area contributed by atoms with E-state index in [1.165, 1.54) is 12.1 Å². The molecule has 1 rings (SSSR count). The molecule has 0 aliphatic carbocycles. The molecule has 0 bridgehead atoms. The highest BCUT2D eigenvalue weighted by Crippen LogP contribution is 2.08. The second-order valence-corrected chi connectivity index (χ2v) is 4.82. The van der Waals surface area contributed by atoms with Crippen LogP contribution < -0.4 is 5.32 Å². The van der Waals surface area contributed by atoms with E-state index in [9.17, 15) is 9.59 Å². The summed E-state index contributed by atoms with van der Waals surface area (Å²) in [6.45, 7) is 3.94. The summed E-state index contributed by atoms with van der Waals surface area (Å²) < 4.78 is 4.89. The molecule has 0 aliphatic rings. The fourth-order valence-electron chi connectivity index (χ4n) is 1.21. The molecule has 1 aromatic rings. The lowest BCUT2D eigenvalue weighted by Gasteiger charge is -2.11. The first-order valence-electron chi connectivity index (χ1n) is 5.26. The van der Waals surface area contributed by atoms with Crippen molar-refractivity contribution in [1.29, 1.82) is 0 Å². The van der Waals surface area contributed by atoms with Crippen LogP contribution in [0.25, 0.3) is 0 Å². The zero-order valence-electron chi connectivity index (χ0n) is 9.73. The van der Waals surface area contributed by atoms with Gasteiger partial charge in [-0.05, 0) is 24.8 Å². The van der Waals surface area contributed by atoms with Gasteiger partial charge in [-0.25, -0.2) is 4.79 Å². The van der Waals surface area contributed by atoms with Crippen molar-refractivity contribution >= 4 is 23.6 Å². The molecule has 0 aromatic carbocycles. The van der Waals surface area contributed by atoms with Crippen LogP contribution in [-0.4, -0.2) is 34.5 Å². The minimum absolute atomic E-state index is 0.0193. The van der Waals surface area contributed by atoms with Crippen molar-refractivity contribution in [2.45, 2.75) is 19.9 Å². The van der Waals surface area contributed by atoms with E-state index in [0.717, 1.165) is 11.5 Å². The van der Waals surface area contributed by atoms with Crippen molar-refractivity contribution in [2.75, 3.05) is 11.5 Å². The van der Waals surface area contributed by atoms with Crippen molar-refractivity contribution in [1.82, 2.24) is 5.32 Å². The van der Waals surface area contributed by atoms with E-state index < -0.39 is 5.97 Å². The Morgan fingerprint density at radius 3 is 2.65 bits per heavy atom. The Morgan fingerprint density at radius 2 is 2.12 bits per heavy atom. The fraction of sp³-hybridized carbons (Fsp3) is 0.455. The van der Waals surface area contributed by atoms with E-state index in [0.29, 0.717) is 0 Å². The Kier molecular flexibility index (Phi) is 5.09. The molecule has 0 fully saturated rings. The summed E-state index contributed by atoms with van der Waals surface area (Å²) >= 11 is 1.72. The minimum atomic E-state index is -1.18. The first-order chi connectivity index (χ1) is 8.04. The molecule has 0 aliphatic heterocycles.